The summed E-state index contributed by atoms with van der Waals surface area (Å²) in [7, 11) is 0. The molecule has 1 saturated heterocycles. The molecule has 0 saturated carbocycles. The topological polar surface area (TPSA) is 61.4 Å². The summed E-state index contributed by atoms with van der Waals surface area (Å²) in [5.41, 5.74) is 1.76. The minimum atomic E-state index is -0.530. The smallest absolute Gasteiger partial charge is 0.317 e. The van der Waals surface area contributed by atoms with Crippen molar-refractivity contribution in [3.63, 3.8) is 0 Å². The molecule has 2 rings (SSSR count). The highest BCUT2D eigenvalue weighted by atomic mass is 16.2. The van der Waals surface area contributed by atoms with Crippen LogP contribution in [0.25, 0.3) is 0 Å². The van der Waals surface area contributed by atoms with E-state index in [9.17, 15) is 9.59 Å². The SMILES string of the molecule is Cc1ccc(CNC(=O)[C@@]2(C)CCCN(C(=O)NC(C)C)C2)cc1. The zero-order valence-electron chi connectivity index (χ0n) is 15.2. The van der Waals surface area contributed by atoms with Crippen LogP contribution in [0, 0.1) is 12.3 Å². The minimum Gasteiger partial charge on any atom is -0.351 e. The number of benzene rings is 1. The molecule has 0 radical (unpaired) electrons. The number of carbonyl (C=O) groups excluding carboxylic acids is 2. The Labute approximate surface area is 144 Å². The number of rotatable bonds is 4. The summed E-state index contributed by atoms with van der Waals surface area (Å²) in [6, 6.07) is 8.16. The van der Waals surface area contributed by atoms with Gasteiger partial charge in [0.25, 0.3) is 0 Å². The van der Waals surface area contributed by atoms with Crippen LogP contribution in [-0.2, 0) is 11.3 Å². The summed E-state index contributed by atoms with van der Waals surface area (Å²) >= 11 is 0. The molecule has 1 atom stereocenters. The quantitative estimate of drug-likeness (QED) is 0.891. The number of hydrogen-bond acceptors (Lipinski definition) is 2. The normalized spacial score (nSPS) is 20.8. The van der Waals surface area contributed by atoms with Crippen LogP contribution in [0.2, 0.25) is 0 Å². The van der Waals surface area contributed by atoms with Crippen LogP contribution in [0.4, 0.5) is 4.79 Å². The molecular formula is C19H29N3O2. The Hall–Kier alpha value is -2.04. The Morgan fingerprint density at radius 1 is 1.25 bits per heavy atom. The third-order valence-electron chi connectivity index (χ3n) is 4.52. The first-order valence-corrected chi connectivity index (χ1v) is 8.69. The summed E-state index contributed by atoms with van der Waals surface area (Å²) in [6.07, 6.45) is 1.65. The van der Waals surface area contributed by atoms with Gasteiger partial charge < -0.3 is 15.5 Å². The molecule has 1 heterocycles. The van der Waals surface area contributed by atoms with Crippen molar-refractivity contribution >= 4 is 11.9 Å². The summed E-state index contributed by atoms with van der Waals surface area (Å²) in [6.45, 7) is 9.57. The largest absolute Gasteiger partial charge is 0.351 e. The molecule has 0 bridgehead atoms. The van der Waals surface area contributed by atoms with Crippen molar-refractivity contribution in [3.05, 3.63) is 35.4 Å². The first-order valence-electron chi connectivity index (χ1n) is 8.69. The van der Waals surface area contributed by atoms with Crippen molar-refractivity contribution in [1.29, 1.82) is 0 Å². The number of nitrogens with one attached hydrogen (secondary N) is 2. The second-order valence-corrected chi connectivity index (χ2v) is 7.36. The molecule has 2 N–H and O–H groups in total. The van der Waals surface area contributed by atoms with Gasteiger partial charge in [0.2, 0.25) is 5.91 Å². The van der Waals surface area contributed by atoms with Gasteiger partial charge in [0.05, 0.1) is 5.41 Å². The lowest BCUT2D eigenvalue weighted by Crippen LogP contribution is -2.54. The third kappa shape index (κ3) is 4.73. The first kappa shape index (κ1) is 18.3. The number of carbonyl (C=O) groups is 2. The highest BCUT2D eigenvalue weighted by Gasteiger charge is 2.39. The zero-order valence-corrected chi connectivity index (χ0v) is 15.2. The van der Waals surface area contributed by atoms with Gasteiger partial charge in [-0.25, -0.2) is 4.79 Å². The molecule has 5 nitrogen and oxygen atoms in total. The van der Waals surface area contributed by atoms with Crippen molar-refractivity contribution in [3.8, 4) is 0 Å². The predicted molar refractivity (Wildman–Crippen MR) is 95.6 cm³/mol. The van der Waals surface area contributed by atoms with E-state index in [4.69, 9.17) is 0 Å². The number of urea groups is 1. The molecule has 24 heavy (non-hydrogen) atoms. The molecule has 0 aromatic heterocycles. The van der Waals surface area contributed by atoms with Gasteiger partial charge in [0, 0.05) is 25.7 Å². The Bertz CT molecular complexity index is 583. The maximum atomic E-state index is 12.7. The maximum Gasteiger partial charge on any atom is 0.317 e. The maximum absolute atomic E-state index is 12.7. The summed E-state index contributed by atoms with van der Waals surface area (Å²) in [5, 5.41) is 5.94. The van der Waals surface area contributed by atoms with Gasteiger partial charge in [0.1, 0.15) is 0 Å². The highest BCUT2D eigenvalue weighted by molar-refractivity contribution is 5.84. The van der Waals surface area contributed by atoms with E-state index >= 15 is 0 Å². The molecular weight excluding hydrogens is 302 g/mol. The number of hydrogen-bond donors (Lipinski definition) is 2. The molecule has 1 aliphatic rings. The molecule has 1 aliphatic heterocycles. The molecule has 0 unspecified atom stereocenters. The zero-order chi connectivity index (χ0) is 17.7. The molecule has 0 spiro atoms. The highest BCUT2D eigenvalue weighted by Crippen LogP contribution is 2.30. The second kappa shape index (κ2) is 7.69. The van der Waals surface area contributed by atoms with Crippen LogP contribution in [0.15, 0.2) is 24.3 Å². The van der Waals surface area contributed by atoms with E-state index in [0.717, 1.165) is 18.4 Å². The van der Waals surface area contributed by atoms with Crippen LogP contribution in [0.5, 0.6) is 0 Å². The van der Waals surface area contributed by atoms with Gasteiger partial charge in [-0.05, 0) is 46.1 Å². The summed E-state index contributed by atoms with van der Waals surface area (Å²) in [5.74, 6) is 0.0186. The first-order chi connectivity index (χ1) is 11.3. The number of piperidine rings is 1. The average Bonchev–Trinajstić information content (AvgIpc) is 2.53. The molecule has 1 fully saturated rings. The predicted octanol–water partition coefficient (Wildman–Crippen LogP) is 2.83. The van der Waals surface area contributed by atoms with E-state index in [2.05, 4.69) is 10.6 Å². The second-order valence-electron chi connectivity index (χ2n) is 7.36. The fourth-order valence-corrected chi connectivity index (χ4v) is 3.04. The van der Waals surface area contributed by atoms with Crippen molar-refractivity contribution in [2.24, 2.45) is 5.41 Å². The van der Waals surface area contributed by atoms with E-state index in [-0.39, 0.29) is 18.0 Å². The van der Waals surface area contributed by atoms with Gasteiger partial charge in [0.15, 0.2) is 0 Å². The fourth-order valence-electron chi connectivity index (χ4n) is 3.04. The van der Waals surface area contributed by atoms with Crippen molar-refractivity contribution in [1.82, 2.24) is 15.5 Å². The van der Waals surface area contributed by atoms with E-state index in [1.165, 1.54) is 5.56 Å². The minimum absolute atomic E-state index is 0.0186. The summed E-state index contributed by atoms with van der Waals surface area (Å²) in [4.78, 5) is 26.7. The van der Waals surface area contributed by atoms with Crippen LogP contribution >= 0.6 is 0 Å². The molecule has 5 heteroatoms. The lowest BCUT2D eigenvalue weighted by Gasteiger charge is -2.39. The molecule has 1 aromatic carbocycles. The van der Waals surface area contributed by atoms with E-state index < -0.39 is 5.41 Å². The Morgan fingerprint density at radius 2 is 1.92 bits per heavy atom. The van der Waals surface area contributed by atoms with E-state index in [0.29, 0.717) is 19.6 Å². The Kier molecular flexibility index (Phi) is 5.86. The molecule has 132 valence electrons. The Balaban J connectivity index is 1.94. The van der Waals surface area contributed by atoms with E-state index in [1.807, 2.05) is 52.0 Å². The van der Waals surface area contributed by atoms with E-state index in [1.54, 1.807) is 4.90 Å². The van der Waals surface area contributed by atoms with Crippen molar-refractivity contribution in [2.45, 2.75) is 53.1 Å². The van der Waals surface area contributed by atoms with Gasteiger partial charge in [-0.15, -0.1) is 0 Å². The third-order valence-corrected chi connectivity index (χ3v) is 4.52. The van der Waals surface area contributed by atoms with Crippen molar-refractivity contribution < 1.29 is 9.59 Å². The molecule has 3 amide bonds. The van der Waals surface area contributed by atoms with Gasteiger partial charge in [-0.1, -0.05) is 29.8 Å². The van der Waals surface area contributed by atoms with Crippen LogP contribution < -0.4 is 10.6 Å². The van der Waals surface area contributed by atoms with Crippen LogP contribution in [0.3, 0.4) is 0 Å². The average molecular weight is 331 g/mol. The number of amides is 3. The van der Waals surface area contributed by atoms with Gasteiger partial charge in [-0.2, -0.15) is 0 Å². The molecule has 1 aromatic rings. The van der Waals surface area contributed by atoms with Crippen LogP contribution in [-0.4, -0.2) is 36.0 Å². The monoisotopic (exact) mass is 331 g/mol. The number of aryl methyl sites for hydroxylation is 1. The fraction of sp³-hybridized carbons (Fsp3) is 0.579. The standard InChI is InChI=1S/C19H29N3O2/c1-14(2)21-18(24)22-11-5-10-19(4,13-22)17(23)20-12-16-8-6-15(3)7-9-16/h6-9,14H,5,10-13H2,1-4H3,(H,20,23)(H,21,24)/t19-/m0/s1. The lowest BCUT2D eigenvalue weighted by atomic mass is 9.81. The Morgan fingerprint density at radius 3 is 2.54 bits per heavy atom. The van der Waals surface area contributed by atoms with Gasteiger partial charge >= 0.3 is 6.03 Å². The lowest BCUT2D eigenvalue weighted by molar-refractivity contribution is -0.132. The number of likely N-dealkylation sites (tertiary alicyclic amines) is 1. The van der Waals surface area contributed by atoms with Gasteiger partial charge in [-0.3, -0.25) is 4.79 Å². The number of nitrogens with zero attached hydrogens (tertiary/aromatic N) is 1. The summed E-state index contributed by atoms with van der Waals surface area (Å²) < 4.78 is 0. The van der Waals surface area contributed by atoms with Crippen LogP contribution in [0.1, 0.15) is 44.7 Å². The molecule has 0 aliphatic carbocycles. The van der Waals surface area contributed by atoms with Crippen molar-refractivity contribution in [2.75, 3.05) is 13.1 Å².